The van der Waals surface area contributed by atoms with Gasteiger partial charge in [0, 0.05) is 62.0 Å². The molecule has 0 atom stereocenters. The number of aromatic carboxylic acids is 1. The smallest absolute Gasteiger partial charge is 0.335 e. The Morgan fingerprint density at radius 3 is 2.40 bits per heavy atom. The first-order valence-corrected chi connectivity index (χ1v) is 13.7. The van der Waals surface area contributed by atoms with Crippen molar-refractivity contribution in [2.75, 3.05) is 69.4 Å². The highest BCUT2D eigenvalue weighted by Gasteiger charge is 2.18. The van der Waals surface area contributed by atoms with Crippen LogP contribution in [0.5, 0.6) is 0 Å². The molecule has 0 amide bonds. The second-order valence-electron chi connectivity index (χ2n) is 9.99. The fraction of sp³-hybridized carbons (Fsp3) is 0.379. The van der Waals surface area contributed by atoms with E-state index in [1.54, 1.807) is 24.3 Å². The first-order valence-electron chi connectivity index (χ1n) is 13.7. The van der Waals surface area contributed by atoms with E-state index < -0.39 is 5.97 Å². The molecule has 4 heterocycles. The van der Waals surface area contributed by atoms with Gasteiger partial charge in [-0.15, -0.1) is 0 Å². The highest BCUT2D eigenvalue weighted by Crippen LogP contribution is 2.28. The SMILES string of the molecule is O=C(O)c1ccc(Nc2cc(-c3ccc4cnn(CCCN5CCOCC5)c4c3)nc(N3CCOCC3)n2)cc1. The van der Waals surface area contributed by atoms with E-state index in [0.717, 1.165) is 73.7 Å². The largest absolute Gasteiger partial charge is 0.478 e. The summed E-state index contributed by atoms with van der Waals surface area (Å²) in [6, 6.07) is 14.8. The lowest BCUT2D eigenvalue weighted by molar-refractivity contribution is 0.0368. The topological polar surface area (TPSA) is 118 Å². The van der Waals surface area contributed by atoms with E-state index in [1.807, 2.05) is 12.3 Å². The lowest BCUT2D eigenvalue weighted by Crippen LogP contribution is -2.37. The van der Waals surface area contributed by atoms with E-state index >= 15 is 0 Å². The molecular formula is C29H33N7O4. The van der Waals surface area contributed by atoms with Gasteiger partial charge in [0.15, 0.2) is 0 Å². The monoisotopic (exact) mass is 543 g/mol. The number of aromatic nitrogens is 4. The van der Waals surface area contributed by atoms with Crippen molar-refractivity contribution < 1.29 is 19.4 Å². The summed E-state index contributed by atoms with van der Waals surface area (Å²) >= 11 is 0. The summed E-state index contributed by atoms with van der Waals surface area (Å²) in [7, 11) is 0. The average molecular weight is 544 g/mol. The summed E-state index contributed by atoms with van der Waals surface area (Å²) < 4.78 is 13.1. The molecule has 4 aromatic rings. The molecule has 11 heteroatoms. The van der Waals surface area contributed by atoms with Gasteiger partial charge in [-0.3, -0.25) is 9.58 Å². The zero-order valence-corrected chi connectivity index (χ0v) is 22.3. The maximum Gasteiger partial charge on any atom is 0.335 e. The number of hydrogen-bond acceptors (Lipinski definition) is 9. The molecule has 0 radical (unpaired) electrons. The molecular weight excluding hydrogens is 510 g/mol. The van der Waals surface area contributed by atoms with Crippen molar-refractivity contribution >= 4 is 34.3 Å². The molecule has 2 N–H and O–H groups in total. The van der Waals surface area contributed by atoms with Gasteiger partial charge < -0.3 is 24.8 Å². The van der Waals surface area contributed by atoms with E-state index in [1.165, 1.54) is 0 Å². The fourth-order valence-electron chi connectivity index (χ4n) is 5.07. The summed E-state index contributed by atoms with van der Waals surface area (Å²) in [5, 5.41) is 18.3. The average Bonchev–Trinajstić information content (AvgIpc) is 3.40. The molecule has 2 aliphatic heterocycles. The predicted molar refractivity (Wildman–Crippen MR) is 152 cm³/mol. The Balaban J connectivity index is 1.27. The number of morpholine rings is 2. The predicted octanol–water partition coefficient (Wildman–Crippen LogP) is 3.49. The zero-order chi connectivity index (χ0) is 27.3. The minimum absolute atomic E-state index is 0.234. The van der Waals surface area contributed by atoms with Crippen molar-refractivity contribution in [2.24, 2.45) is 0 Å². The molecule has 0 spiro atoms. The van der Waals surface area contributed by atoms with Gasteiger partial charge in [0.2, 0.25) is 5.95 Å². The van der Waals surface area contributed by atoms with Gasteiger partial charge in [-0.2, -0.15) is 10.1 Å². The van der Waals surface area contributed by atoms with Crippen LogP contribution in [-0.2, 0) is 16.0 Å². The number of hydrogen-bond donors (Lipinski definition) is 2. The summed E-state index contributed by atoms with van der Waals surface area (Å²) in [6.45, 7) is 8.15. The Morgan fingerprint density at radius 2 is 1.65 bits per heavy atom. The number of benzene rings is 2. The Bertz CT molecular complexity index is 1460. The second-order valence-corrected chi connectivity index (χ2v) is 9.99. The maximum absolute atomic E-state index is 11.3. The molecule has 2 aromatic heterocycles. The van der Waals surface area contributed by atoms with Crippen LogP contribution in [-0.4, -0.2) is 94.9 Å². The summed E-state index contributed by atoms with van der Waals surface area (Å²) in [4.78, 5) is 25.6. The number of carboxylic acids is 1. The van der Waals surface area contributed by atoms with Crippen molar-refractivity contribution in [1.29, 1.82) is 0 Å². The fourth-order valence-corrected chi connectivity index (χ4v) is 5.07. The summed E-state index contributed by atoms with van der Waals surface area (Å²) in [6.07, 6.45) is 2.94. The van der Waals surface area contributed by atoms with Crippen LogP contribution in [0.25, 0.3) is 22.2 Å². The number of anilines is 3. The summed E-state index contributed by atoms with van der Waals surface area (Å²) in [5.74, 6) is 0.305. The molecule has 208 valence electrons. The number of rotatable bonds is 9. The standard InChI is InChI=1S/C29H33N7O4/c37-28(38)21-4-6-24(7-5-21)31-27-19-25(32-29(33-27)35-12-16-40-17-13-35)22-2-3-23-20-30-36(26(23)18-22)9-1-8-34-10-14-39-15-11-34/h2-7,18-20H,1,8-17H2,(H,37,38)(H,31,32,33). The number of nitrogens with one attached hydrogen (secondary N) is 1. The van der Waals surface area contributed by atoms with Gasteiger partial charge in [0.05, 0.1) is 49.4 Å². The van der Waals surface area contributed by atoms with Gasteiger partial charge in [0.25, 0.3) is 0 Å². The lowest BCUT2D eigenvalue weighted by Gasteiger charge is -2.27. The number of nitrogens with zero attached hydrogens (tertiary/aromatic N) is 6. The molecule has 0 saturated carbocycles. The minimum Gasteiger partial charge on any atom is -0.478 e. The molecule has 2 saturated heterocycles. The van der Waals surface area contributed by atoms with Crippen LogP contribution in [0.4, 0.5) is 17.5 Å². The third-order valence-electron chi connectivity index (χ3n) is 7.30. The second kappa shape index (κ2) is 12.0. The number of aryl methyl sites for hydroxylation is 1. The molecule has 2 fully saturated rings. The van der Waals surface area contributed by atoms with E-state index in [9.17, 15) is 9.90 Å². The van der Waals surface area contributed by atoms with Crippen LogP contribution in [0.3, 0.4) is 0 Å². The lowest BCUT2D eigenvalue weighted by atomic mass is 10.1. The molecule has 0 unspecified atom stereocenters. The molecule has 2 aromatic carbocycles. The van der Waals surface area contributed by atoms with Crippen molar-refractivity contribution in [3.8, 4) is 11.3 Å². The normalized spacial score (nSPS) is 16.4. The number of fused-ring (bicyclic) bond motifs is 1. The maximum atomic E-state index is 11.3. The molecule has 0 bridgehead atoms. The molecule has 0 aliphatic carbocycles. The minimum atomic E-state index is -0.957. The van der Waals surface area contributed by atoms with Crippen molar-refractivity contribution in [3.63, 3.8) is 0 Å². The molecule has 40 heavy (non-hydrogen) atoms. The van der Waals surface area contributed by atoms with Gasteiger partial charge in [-0.05, 0) is 36.8 Å². The van der Waals surface area contributed by atoms with Gasteiger partial charge in [-0.1, -0.05) is 12.1 Å². The highest BCUT2D eigenvalue weighted by atomic mass is 16.5. The van der Waals surface area contributed by atoms with E-state index in [2.05, 4.69) is 43.1 Å². The highest BCUT2D eigenvalue weighted by molar-refractivity contribution is 5.88. The molecule has 2 aliphatic rings. The van der Waals surface area contributed by atoms with Gasteiger partial charge in [0.1, 0.15) is 5.82 Å². The Kier molecular flexibility index (Phi) is 7.85. The van der Waals surface area contributed by atoms with Gasteiger partial charge >= 0.3 is 5.97 Å². The van der Waals surface area contributed by atoms with Crippen LogP contribution in [0.2, 0.25) is 0 Å². The van der Waals surface area contributed by atoms with Crippen LogP contribution in [0.15, 0.2) is 54.7 Å². The Hall–Kier alpha value is -4.06. The zero-order valence-electron chi connectivity index (χ0n) is 22.3. The van der Waals surface area contributed by atoms with Crippen LogP contribution in [0, 0.1) is 0 Å². The van der Waals surface area contributed by atoms with Crippen LogP contribution in [0.1, 0.15) is 16.8 Å². The van der Waals surface area contributed by atoms with Gasteiger partial charge in [-0.25, -0.2) is 9.78 Å². The van der Waals surface area contributed by atoms with Crippen molar-refractivity contribution in [3.05, 3.63) is 60.3 Å². The van der Waals surface area contributed by atoms with E-state index in [-0.39, 0.29) is 5.56 Å². The number of ether oxygens (including phenoxy) is 2. The van der Waals surface area contributed by atoms with Crippen molar-refractivity contribution in [1.82, 2.24) is 24.6 Å². The first kappa shape index (κ1) is 26.2. The first-order chi connectivity index (χ1) is 19.6. The van der Waals surface area contributed by atoms with E-state index in [0.29, 0.717) is 38.1 Å². The number of carbonyl (C=O) groups is 1. The van der Waals surface area contributed by atoms with Crippen LogP contribution < -0.4 is 10.2 Å². The van der Waals surface area contributed by atoms with Crippen LogP contribution >= 0.6 is 0 Å². The Morgan fingerprint density at radius 1 is 0.900 bits per heavy atom. The third kappa shape index (κ3) is 6.06. The summed E-state index contributed by atoms with van der Waals surface area (Å²) in [5.41, 5.74) is 3.83. The Labute approximate surface area is 232 Å². The molecule has 6 rings (SSSR count). The molecule has 11 nitrogen and oxygen atoms in total. The van der Waals surface area contributed by atoms with Crippen molar-refractivity contribution in [2.45, 2.75) is 13.0 Å². The quantitative estimate of drug-likeness (QED) is 0.325. The van der Waals surface area contributed by atoms with E-state index in [4.69, 9.17) is 19.4 Å². The third-order valence-corrected chi connectivity index (χ3v) is 7.30. The number of carboxylic acid groups (broad SMARTS) is 1.